The largest absolute Gasteiger partial charge is 0.241 e. The first-order valence-corrected chi connectivity index (χ1v) is 8.68. The van der Waals surface area contributed by atoms with Crippen molar-refractivity contribution in [1.29, 1.82) is 0 Å². The second-order valence-electron chi connectivity index (χ2n) is 5.62. The van der Waals surface area contributed by atoms with Crippen LogP contribution in [0, 0.1) is 6.92 Å². The van der Waals surface area contributed by atoms with Gasteiger partial charge in [-0.3, -0.25) is 0 Å². The highest BCUT2D eigenvalue weighted by molar-refractivity contribution is 7.99. The molecular weight excluding hydrogens is 286 g/mol. The molecule has 0 aliphatic rings. The van der Waals surface area contributed by atoms with Gasteiger partial charge < -0.3 is 0 Å². The quantitative estimate of drug-likeness (QED) is 0.552. The number of benzene rings is 2. The monoisotopic (exact) mass is 307 g/mol. The minimum atomic E-state index is 0.402. The molecule has 1 nitrogen and oxygen atoms in total. The zero-order valence-corrected chi connectivity index (χ0v) is 14.2. The Morgan fingerprint density at radius 3 is 2.55 bits per heavy atom. The van der Waals surface area contributed by atoms with Crippen molar-refractivity contribution in [3.63, 3.8) is 0 Å². The number of pyridine rings is 1. The van der Waals surface area contributed by atoms with Crippen molar-refractivity contribution in [2.24, 2.45) is 0 Å². The zero-order valence-electron chi connectivity index (χ0n) is 13.3. The van der Waals surface area contributed by atoms with Crippen molar-refractivity contribution >= 4 is 22.7 Å². The Balaban J connectivity index is 1.98. The molecule has 0 saturated carbocycles. The number of hydrogen-bond acceptors (Lipinski definition) is 2. The lowest BCUT2D eigenvalue weighted by atomic mass is 10.0. The van der Waals surface area contributed by atoms with Gasteiger partial charge in [-0.15, -0.1) is 0 Å². The SMILES string of the molecule is CCc1cccc2c(C)cc(SC(C)c3ccccc3)nc12. The average Bonchev–Trinajstić information content (AvgIpc) is 2.55. The van der Waals surface area contributed by atoms with Crippen LogP contribution in [0.1, 0.15) is 35.8 Å². The Labute approximate surface area is 136 Å². The summed E-state index contributed by atoms with van der Waals surface area (Å²) in [5, 5.41) is 2.79. The maximum absolute atomic E-state index is 4.94. The number of aryl methyl sites for hydroxylation is 2. The number of para-hydroxylation sites is 1. The molecule has 0 saturated heterocycles. The van der Waals surface area contributed by atoms with E-state index in [-0.39, 0.29) is 0 Å². The van der Waals surface area contributed by atoms with E-state index in [1.54, 1.807) is 0 Å². The van der Waals surface area contributed by atoms with E-state index in [1.807, 2.05) is 11.8 Å². The van der Waals surface area contributed by atoms with Crippen molar-refractivity contribution in [3.8, 4) is 0 Å². The van der Waals surface area contributed by atoms with Crippen LogP contribution in [0.15, 0.2) is 59.6 Å². The van der Waals surface area contributed by atoms with E-state index in [1.165, 1.54) is 22.1 Å². The fraction of sp³-hybridized carbons (Fsp3) is 0.250. The molecule has 0 aliphatic heterocycles. The highest BCUT2D eigenvalue weighted by atomic mass is 32.2. The molecule has 3 rings (SSSR count). The molecule has 0 radical (unpaired) electrons. The normalized spacial score (nSPS) is 12.5. The van der Waals surface area contributed by atoms with Crippen LogP contribution >= 0.6 is 11.8 Å². The van der Waals surface area contributed by atoms with E-state index in [4.69, 9.17) is 4.98 Å². The summed E-state index contributed by atoms with van der Waals surface area (Å²) in [6, 6.07) is 19.3. The summed E-state index contributed by atoms with van der Waals surface area (Å²) >= 11 is 1.83. The predicted octanol–water partition coefficient (Wildman–Crippen LogP) is 5.96. The first-order chi connectivity index (χ1) is 10.7. The Bertz CT molecular complexity index is 780. The summed E-state index contributed by atoms with van der Waals surface area (Å²) in [6.07, 6.45) is 1.02. The summed E-state index contributed by atoms with van der Waals surface area (Å²) in [4.78, 5) is 4.94. The van der Waals surface area contributed by atoms with Crippen molar-refractivity contribution in [3.05, 3.63) is 71.3 Å². The summed E-state index contributed by atoms with van der Waals surface area (Å²) in [6.45, 7) is 6.62. The Morgan fingerprint density at radius 2 is 1.82 bits per heavy atom. The fourth-order valence-corrected chi connectivity index (χ4v) is 3.81. The molecule has 0 aliphatic carbocycles. The van der Waals surface area contributed by atoms with Gasteiger partial charge in [0.1, 0.15) is 0 Å². The van der Waals surface area contributed by atoms with Gasteiger partial charge in [-0.1, -0.05) is 67.2 Å². The highest BCUT2D eigenvalue weighted by Crippen LogP contribution is 2.35. The third-order valence-electron chi connectivity index (χ3n) is 4.05. The van der Waals surface area contributed by atoms with Gasteiger partial charge in [-0.25, -0.2) is 4.98 Å². The Kier molecular flexibility index (Phi) is 4.49. The van der Waals surface area contributed by atoms with Crippen LogP contribution in [-0.2, 0) is 6.42 Å². The molecule has 22 heavy (non-hydrogen) atoms. The Morgan fingerprint density at radius 1 is 1.05 bits per heavy atom. The van der Waals surface area contributed by atoms with Gasteiger partial charge >= 0.3 is 0 Å². The lowest BCUT2D eigenvalue weighted by molar-refractivity contribution is 1.06. The summed E-state index contributed by atoms with van der Waals surface area (Å²) in [5.74, 6) is 0. The molecule has 2 aromatic carbocycles. The smallest absolute Gasteiger partial charge is 0.0976 e. The van der Waals surface area contributed by atoms with E-state index in [2.05, 4.69) is 75.4 Å². The molecule has 1 atom stereocenters. The van der Waals surface area contributed by atoms with E-state index in [9.17, 15) is 0 Å². The summed E-state index contributed by atoms with van der Waals surface area (Å²) in [7, 11) is 0. The van der Waals surface area contributed by atoms with Crippen molar-refractivity contribution in [2.75, 3.05) is 0 Å². The van der Waals surface area contributed by atoms with Crippen molar-refractivity contribution in [2.45, 2.75) is 37.5 Å². The summed E-state index contributed by atoms with van der Waals surface area (Å²) < 4.78 is 0. The fourth-order valence-electron chi connectivity index (χ4n) is 2.77. The van der Waals surface area contributed by atoms with Gasteiger partial charge in [0, 0.05) is 10.6 Å². The number of aromatic nitrogens is 1. The first-order valence-electron chi connectivity index (χ1n) is 7.80. The third kappa shape index (κ3) is 3.02. The zero-order chi connectivity index (χ0) is 15.5. The van der Waals surface area contributed by atoms with Crippen LogP contribution in [0.2, 0.25) is 0 Å². The van der Waals surface area contributed by atoms with Crippen LogP contribution < -0.4 is 0 Å². The lowest BCUT2D eigenvalue weighted by Crippen LogP contribution is -1.94. The molecule has 0 fully saturated rings. The van der Waals surface area contributed by atoms with E-state index >= 15 is 0 Å². The number of nitrogens with zero attached hydrogens (tertiary/aromatic N) is 1. The Hall–Kier alpha value is -1.80. The molecule has 0 N–H and O–H groups in total. The third-order valence-corrected chi connectivity index (χ3v) is 5.13. The molecule has 1 aromatic heterocycles. The van der Waals surface area contributed by atoms with Crippen LogP contribution in [0.3, 0.4) is 0 Å². The predicted molar refractivity (Wildman–Crippen MR) is 96.6 cm³/mol. The van der Waals surface area contributed by atoms with Crippen molar-refractivity contribution < 1.29 is 0 Å². The standard InChI is InChI=1S/C20H21NS/c1-4-16-11-8-12-18-14(2)13-19(21-20(16)18)22-15(3)17-9-6-5-7-10-17/h5-13,15H,4H2,1-3H3. The summed E-state index contributed by atoms with van der Waals surface area (Å²) in [5.41, 5.74) is 5.14. The number of fused-ring (bicyclic) bond motifs is 1. The molecule has 3 aromatic rings. The first kappa shape index (κ1) is 15.1. The minimum absolute atomic E-state index is 0.402. The lowest BCUT2D eigenvalue weighted by Gasteiger charge is -2.13. The maximum Gasteiger partial charge on any atom is 0.0976 e. The molecule has 1 unspecified atom stereocenters. The number of thioether (sulfide) groups is 1. The van der Waals surface area contributed by atoms with E-state index < -0.39 is 0 Å². The number of rotatable bonds is 4. The molecular formula is C20H21NS. The molecule has 2 heteroatoms. The second-order valence-corrected chi connectivity index (χ2v) is 6.98. The van der Waals surface area contributed by atoms with Gasteiger partial charge in [-0.05, 0) is 43.0 Å². The highest BCUT2D eigenvalue weighted by Gasteiger charge is 2.11. The molecule has 0 bridgehead atoms. The number of hydrogen-bond donors (Lipinski definition) is 0. The van der Waals surface area contributed by atoms with Crippen LogP contribution in [0.4, 0.5) is 0 Å². The molecule has 0 spiro atoms. The average molecular weight is 307 g/mol. The van der Waals surface area contributed by atoms with E-state index in [0.717, 1.165) is 17.0 Å². The minimum Gasteiger partial charge on any atom is -0.241 e. The molecule has 0 amide bonds. The van der Waals surface area contributed by atoms with Gasteiger partial charge in [0.15, 0.2) is 0 Å². The van der Waals surface area contributed by atoms with Gasteiger partial charge in [0.05, 0.1) is 10.5 Å². The van der Waals surface area contributed by atoms with E-state index in [0.29, 0.717) is 5.25 Å². The van der Waals surface area contributed by atoms with Crippen LogP contribution in [0.25, 0.3) is 10.9 Å². The van der Waals surface area contributed by atoms with Gasteiger partial charge in [0.2, 0.25) is 0 Å². The topological polar surface area (TPSA) is 12.9 Å². The maximum atomic E-state index is 4.94. The van der Waals surface area contributed by atoms with Gasteiger partial charge in [0.25, 0.3) is 0 Å². The second kappa shape index (κ2) is 6.53. The van der Waals surface area contributed by atoms with Crippen LogP contribution in [-0.4, -0.2) is 4.98 Å². The van der Waals surface area contributed by atoms with Crippen molar-refractivity contribution in [1.82, 2.24) is 4.98 Å². The molecule has 1 heterocycles. The van der Waals surface area contributed by atoms with Gasteiger partial charge in [-0.2, -0.15) is 0 Å². The van der Waals surface area contributed by atoms with Crippen LogP contribution in [0.5, 0.6) is 0 Å². The molecule has 112 valence electrons.